The van der Waals surface area contributed by atoms with Crippen molar-refractivity contribution in [2.24, 2.45) is 0 Å². The molecule has 0 spiro atoms. The first-order chi connectivity index (χ1) is 8.15. The number of fused-ring (bicyclic) bond motifs is 1. The topological polar surface area (TPSA) is 79.2 Å². The molecule has 0 bridgehead atoms. The Labute approximate surface area is 101 Å². The third-order valence-electron chi connectivity index (χ3n) is 3.50. The van der Waals surface area contributed by atoms with E-state index < -0.39 is 18.3 Å². The Kier molecular flexibility index (Phi) is 4.17. The Morgan fingerprint density at radius 2 is 2.00 bits per heavy atom. The second kappa shape index (κ2) is 5.46. The molecular formula is C12H20O5. The van der Waals surface area contributed by atoms with Crippen LogP contribution in [0.2, 0.25) is 0 Å². The molecule has 6 unspecified atom stereocenters. The minimum absolute atomic E-state index is 0.102. The maximum Gasteiger partial charge on any atom is 0.103 e. The maximum absolute atomic E-state index is 9.86. The molecule has 0 saturated carbocycles. The van der Waals surface area contributed by atoms with Gasteiger partial charge in [0.2, 0.25) is 0 Å². The molecule has 5 heteroatoms. The molecule has 2 aliphatic heterocycles. The fraction of sp³-hybridized carbons (Fsp3) is 0.833. The summed E-state index contributed by atoms with van der Waals surface area (Å²) in [6, 6.07) is 0. The molecule has 2 heterocycles. The van der Waals surface area contributed by atoms with Gasteiger partial charge in [-0.25, -0.2) is 0 Å². The predicted octanol–water partition coefficient (Wildman–Crippen LogP) is -0.408. The first-order valence-corrected chi connectivity index (χ1v) is 6.04. The van der Waals surface area contributed by atoms with Crippen molar-refractivity contribution < 1.29 is 24.8 Å². The molecule has 0 radical (unpaired) electrons. The first kappa shape index (κ1) is 13.0. The van der Waals surface area contributed by atoms with E-state index in [0.29, 0.717) is 19.3 Å². The number of hydrogen-bond donors (Lipinski definition) is 3. The molecule has 6 atom stereocenters. The van der Waals surface area contributed by atoms with E-state index in [2.05, 4.69) is 6.58 Å². The van der Waals surface area contributed by atoms with Gasteiger partial charge in [0.1, 0.15) is 6.10 Å². The average Bonchev–Trinajstić information content (AvgIpc) is 2.71. The van der Waals surface area contributed by atoms with Crippen molar-refractivity contribution in [3.8, 4) is 0 Å². The van der Waals surface area contributed by atoms with Crippen LogP contribution < -0.4 is 0 Å². The van der Waals surface area contributed by atoms with Crippen molar-refractivity contribution in [1.29, 1.82) is 0 Å². The lowest BCUT2D eigenvalue weighted by Gasteiger charge is -2.34. The van der Waals surface area contributed by atoms with Crippen LogP contribution in [0.3, 0.4) is 0 Å². The van der Waals surface area contributed by atoms with Gasteiger partial charge in [0.15, 0.2) is 0 Å². The lowest BCUT2D eigenvalue weighted by Crippen LogP contribution is -2.44. The summed E-state index contributed by atoms with van der Waals surface area (Å²) in [6.07, 6.45) is 1.06. The van der Waals surface area contributed by atoms with Crippen LogP contribution in [-0.2, 0) is 9.47 Å². The van der Waals surface area contributed by atoms with Gasteiger partial charge < -0.3 is 24.8 Å². The van der Waals surface area contributed by atoms with Crippen LogP contribution >= 0.6 is 0 Å². The summed E-state index contributed by atoms with van der Waals surface area (Å²) >= 11 is 0. The SMILES string of the molecule is C=CCC1OC2CC(C(O)CO)OC2CC1O. The van der Waals surface area contributed by atoms with Crippen LogP contribution in [0.15, 0.2) is 12.7 Å². The van der Waals surface area contributed by atoms with Crippen LogP contribution in [-0.4, -0.2) is 58.6 Å². The van der Waals surface area contributed by atoms with E-state index in [9.17, 15) is 10.2 Å². The summed E-state index contributed by atoms with van der Waals surface area (Å²) < 4.78 is 11.3. The van der Waals surface area contributed by atoms with E-state index in [1.165, 1.54) is 0 Å². The van der Waals surface area contributed by atoms with Crippen molar-refractivity contribution in [2.45, 2.75) is 55.9 Å². The summed E-state index contributed by atoms with van der Waals surface area (Å²) in [7, 11) is 0. The average molecular weight is 244 g/mol. The van der Waals surface area contributed by atoms with Crippen molar-refractivity contribution in [3.05, 3.63) is 12.7 Å². The minimum Gasteiger partial charge on any atom is -0.394 e. The Hall–Kier alpha value is -0.460. The minimum atomic E-state index is -0.876. The van der Waals surface area contributed by atoms with Gasteiger partial charge in [0, 0.05) is 12.8 Å². The molecule has 2 aliphatic rings. The summed E-state index contributed by atoms with van der Waals surface area (Å²) in [5.74, 6) is 0. The standard InChI is InChI=1S/C12H20O5/c1-2-3-9-7(14)4-11-12(16-9)5-10(17-11)8(15)6-13/h2,7-15H,1,3-6H2. The zero-order valence-corrected chi connectivity index (χ0v) is 9.74. The molecule has 0 aliphatic carbocycles. The predicted molar refractivity (Wildman–Crippen MR) is 60.5 cm³/mol. The number of aliphatic hydroxyl groups is 3. The van der Waals surface area contributed by atoms with Gasteiger partial charge >= 0.3 is 0 Å². The maximum atomic E-state index is 9.86. The first-order valence-electron chi connectivity index (χ1n) is 6.04. The fourth-order valence-corrected chi connectivity index (χ4v) is 2.55. The van der Waals surface area contributed by atoms with Crippen LogP contribution in [0.5, 0.6) is 0 Å². The van der Waals surface area contributed by atoms with Gasteiger partial charge in [-0.15, -0.1) is 6.58 Å². The monoisotopic (exact) mass is 244 g/mol. The second-order valence-electron chi connectivity index (χ2n) is 4.74. The second-order valence-corrected chi connectivity index (χ2v) is 4.74. The summed E-state index contributed by atoms with van der Waals surface area (Å²) in [5.41, 5.74) is 0. The molecule has 5 nitrogen and oxygen atoms in total. The Bertz CT molecular complexity index is 270. The Morgan fingerprint density at radius 3 is 2.65 bits per heavy atom. The number of hydrogen-bond acceptors (Lipinski definition) is 5. The molecule has 17 heavy (non-hydrogen) atoms. The van der Waals surface area contributed by atoms with Crippen molar-refractivity contribution >= 4 is 0 Å². The van der Waals surface area contributed by atoms with Crippen molar-refractivity contribution in [1.82, 2.24) is 0 Å². The van der Waals surface area contributed by atoms with Crippen molar-refractivity contribution in [2.75, 3.05) is 6.61 Å². The molecule has 3 N–H and O–H groups in total. The third-order valence-corrected chi connectivity index (χ3v) is 3.50. The van der Waals surface area contributed by atoms with Gasteiger partial charge in [0.25, 0.3) is 0 Å². The van der Waals surface area contributed by atoms with E-state index in [0.717, 1.165) is 0 Å². The Balaban J connectivity index is 1.95. The van der Waals surface area contributed by atoms with Crippen LogP contribution in [0.1, 0.15) is 19.3 Å². The molecule has 0 aromatic heterocycles. The van der Waals surface area contributed by atoms with Gasteiger partial charge in [-0.2, -0.15) is 0 Å². The van der Waals surface area contributed by atoms with Crippen LogP contribution in [0.25, 0.3) is 0 Å². The highest BCUT2D eigenvalue weighted by atomic mass is 16.6. The van der Waals surface area contributed by atoms with Crippen molar-refractivity contribution in [3.63, 3.8) is 0 Å². The van der Waals surface area contributed by atoms with E-state index in [1.54, 1.807) is 6.08 Å². The molecule has 2 rings (SSSR count). The number of rotatable bonds is 4. The lowest BCUT2D eigenvalue weighted by molar-refractivity contribution is -0.156. The van der Waals surface area contributed by atoms with E-state index in [-0.39, 0.29) is 24.9 Å². The molecule has 98 valence electrons. The van der Waals surface area contributed by atoms with Gasteiger partial charge in [0.05, 0.1) is 37.1 Å². The fourth-order valence-electron chi connectivity index (χ4n) is 2.55. The molecular weight excluding hydrogens is 224 g/mol. The highest BCUT2D eigenvalue weighted by molar-refractivity contribution is 4.95. The van der Waals surface area contributed by atoms with Gasteiger partial charge in [-0.1, -0.05) is 6.08 Å². The molecule has 2 saturated heterocycles. The summed E-state index contributed by atoms with van der Waals surface area (Å²) in [4.78, 5) is 0. The normalized spacial score (nSPS) is 43.1. The zero-order chi connectivity index (χ0) is 12.4. The van der Waals surface area contributed by atoms with Crippen LogP contribution in [0, 0.1) is 0 Å². The molecule has 0 aromatic rings. The highest BCUT2D eigenvalue weighted by Gasteiger charge is 2.45. The highest BCUT2D eigenvalue weighted by Crippen LogP contribution is 2.34. The lowest BCUT2D eigenvalue weighted by atomic mass is 9.95. The summed E-state index contributed by atoms with van der Waals surface area (Å²) in [5, 5.41) is 28.3. The van der Waals surface area contributed by atoms with E-state index in [4.69, 9.17) is 14.6 Å². The number of ether oxygens (including phenoxy) is 2. The summed E-state index contributed by atoms with van der Waals surface area (Å²) in [6.45, 7) is 3.32. The Morgan fingerprint density at radius 1 is 1.29 bits per heavy atom. The van der Waals surface area contributed by atoms with E-state index in [1.807, 2.05) is 0 Å². The number of aliphatic hydroxyl groups excluding tert-OH is 3. The van der Waals surface area contributed by atoms with Gasteiger partial charge in [-0.05, 0) is 6.42 Å². The third kappa shape index (κ3) is 2.69. The quantitative estimate of drug-likeness (QED) is 0.586. The zero-order valence-electron chi connectivity index (χ0n) is 9.74. The van der Waals surface area contributed by atoms with Crippen LogP contribution in [0.4, 0.5) is 0 Å². The molecule has 0 amide bonds. The largest absolute Gasteiger partial charge is 0.394 e. The molecule has 2 fully saturated rings. The van der Waals surface area contributed by atoms with E-state index >= 15 is 0 Å². The molecule has 0 aromatic carbocycles. The smallest absolute Gasteiger partial charge is 0.103 e. The van der Waals surface area contributed by atoms with Gasteiger partial charge in [-0.3, -0.25) is 0 Å².